The van der Waals surface area contributed by atoms with Crippen LogP contribution in [0.5, 0.6) is 0 Å². The molecule has 10 nitrogen and oxygen atoms in total. The van der Waals surface area contributed by atoms with Crippen molar-refractivity contribution < 1.29 is 37.3 Å². The van der Waals surface area contributed by atoms with E-state index in [9.17, 15) is 29.0 Å². The van der Waals surface area contributed by atoms with E-state index in [-0.39, 0.29) is 42.7 Å². The summed E-state index contributed by atoms with van der Waals surface area (Å²) in [5.41, 5.74) is 9.38. The molecule has 242 valence electrons. The van der Waals surface area contributed by atoms with E-state index < -0.39 is 53.1 Å². The Balaban J connectivity index is 1.41. The van der Waals surface area contributed by atoms with E-state index in [1.807, 2.05) is 0 Å². The predicted octanol–water partition coefficient (Wildman–Crippen LogP) is 7.07. The van der Waals surface area contributed by atoms with Crippen LogP contribution in [0.1, 0.15) is 41.9 Å². The van der Waals surface area contributed by atoms with Crippen molar-refractivity contribution in [2.24, 2.45) is 5.11 Å². The van der Waals surface area contributed by atoms with Gasteiger partial charge in [-0.05, 0) is 65.9 Å². The van der Waals surface area contributed by atoms with Crippen LogP contribution in [-0.2, 0) is 20.7 Å². The van der Waals surface area contributed by atoms with E-state index in [0.717, 1.165) is 12.1 Å². The first kappa shape index (κ1) is 33.1. The number of azide groups is 1. The van der Waals surface area contributed by atoms with Crippen molar-refractivity contribution in [3.8, 4) is 0 Å². The summed E-state index contributed by atoms with van der Waals surface area (Å²) in [7, 11) is 0. The molecule has 0 bridgehead atoms. The van der Waals surface area contributed by atoms with Gasteiger partial charge in [-0.3, -0.25) is 4.79 Å². The van der Waals surface area contributed by atoms with Crippen LogP contribution in [0.2, 0.25) is 5.02 Å². The van der Waals surface area contributed by atoms with Crippen LogP contribution < -0.4 is 5.32 Å². The third kappa shape index (κ3) is 7.73. The molecule has 1 spiro atoms. The maximum atomic E-state index is 15.3. The Bertz CT molecular complexity index is 1610. The molecular weight excluding hydrogens is 627 g/mol. The maximum absolute atomic E-state index is 15.3. The van der Waals surface area contributed by atoms with Gasteiger partial charge in [0.05, 0.1) is 24.8 Å². The van der Waals surface area contributed by atoms with E-state index in [1.165, 1.54) is 35.2 Å². The summed E-state index contributed by atoms with van der Waals surface area (Å²) in [5.74, 6) is -4.39. The highest BCUT2D eigenvalue weighted by molar-refractivity contribution is 6.30. The molecule has 0 aliphatic carbocycles. The number of nitrogens with zero attached hydrogens (tertiary/aromatic N) is 4. The van der Waals surface area contributed by atoms with Crippen molar-refractivity contribution in [1.29, 1.82) is 0 Å². The first-order valence-electron chi connectivity index (χ1n) is 14.6. The second-order valence-electron chi connectivity index (χ2n) is 11.4. The number of hydrogen-bond acceptors (Lipinski definition) is 5. The Morgan fingerprint density at radius 1 is 1.09 bits per heavy atom. The van der Waals surface area contributed by atoms with Crippen molar-refractivity contribution in [1.82, 2.24) is 4.90 Å². The molecule has 0 saturated carbocycles. The molecule has 0 radical (unpaired) electrons. The van der Waals surface area contributed by atoms with Crippen molar-refractivity contribution in [3.63, 3.8) is 0 Å². The van der Waals surface area contributed by atoms with Gasteiger partial charge < -0.3 is 24.8 Å². The fraction of sp³-hybridized carbons (Fsp3) is 0.375. The number of halogens is 4. The van der Waals surface area contributed by atoms with Gasteiger partial charge in [-0.1, -0.05) is 34.9 Å². The first-order chi connectivity index (χ1) is 22.1. The Kier molecular flexibility index (Phi) is 10.4. The van der Waals surface area contributed by atoms with Gasteiger partial charge in [-0.15, -0.1) is 0 Å². The molecule has 14 heteroatoms. The van der Waals surface area contributed by atoms with Crippen LogP contribution >= 0.6 is 11.6 Å². The summed E-state index contributed by atoms with van der Waals surface area (Å²) in [6, 6.07) is 11.5. The fourth-order valence-corrected chi connectivity index (χ4v) is 6.28. The van der Waals surface area contributed by atoms with Crippen LogP contribution in [0, 0.1) is 17.5 Å². The fourth-order valence-electron chi connectivity index (χ4n) is 6.15. The van der Waals surface area contributed by atoms with Gasteiger partial charge in [0.2, 0.25) is 5.91 Å². The van der Waals surface area contributed by atoms with Crippen LogP contribution in [0.4, 0.5) is 23.7 Å². The summed E-state index contributed by atoms with van der Waals surface area (Å²) in [6.07, 6.45) is -0.242. The Hall–Kier alpha value is -4.29. The third-order valence-electron chi connectivity index (χ3n) is 8.32. The smallest absolute Gasteiger partial charge is 0.407 e. The van der Waals surface area contributed by atoms with Crippen molar-refractivity contribution in [3.05, 3.63) is 110 Å². The molecule has 3 aromatic carbocycles. The number of benzene rings is 3. The normalized spacial score (nSPS) is 18.8. The van der Waals surface area contributed by atoms with Crippen molar-refractivity contribution >= 4 is 29.3 Å². The van der Waals surface area contributed by atoms with Crippen molar-refractivity contribution in [2.45, 2.75) is 49.3 Å². The lowest BCUT2D eigenvalue weighted by molar-refractivity contribution is -0.184. The largest absolute Gasteiger partial charge is 0.465 e. The second-order valence-corrected chi connectivity index (χ2v) is 11.8. The molecule has 0 aromatic heterocycles. The standard InChI is InChI=1S/C32H31ClF3N5O5/c33-21-6-4-19(5-7-21)28(20-14-22(34)16-23(35)15-20)29(39-40-37)30(42)38-27-3-1-2-26(36)25(27)9-8-24-17-41(31(43)44)18-32(46-24)10-12-45-13-11-32/h1-7,14-16,24,28-29H,8-13,17-18H2,(H,38,42)(H,43,44)/t24?,28-,29-/m0/s1. The van der Waals surface area contributed by atoms with Crippen LogP contribution in [0.15, 0.2) is 65.8 Å². The van der Waals surface area contributed by atoms with E-state index in [4.69, 9.17) is 21.1 Å². The summed E-state index contributed by atoms with van der Waals surface area (Å²) >= 11 is 6.04. The first-order valence-corrected chi connectivity index (χ1v) is 15.0. The topological polar surface area (TPSA) is 137 Å². The summed E-state index contributed by atoms with van der Waals surface area (Å²) in [6.45, 7) is 1.19. The van der Waals surface area contributed by atoms with Crippen molar-refractivity contribution in [2.75, 3.05) is 31.6 Å². The van der Waals surface area contributed by atoms with E-state index in [0.29, 0.717) is 42.7 Å². The number of anilines is 1. The average Bonchev–Trinajstić information content (AvgIpc) is 3.01. The minimum atomic E-state index is -1.55. The lowest BCUT2D eigenvalue weighted by atomic mass is 9.84. The SMILES string of the molecule is [N-]=[N+]=N[C@H](C(=O)Nc1cccc(F)c1CCC1CN(C(=O)O)CC2(CCOCC2)O1)[C@@H](c1ccc(Cl)cc1)c1cc(F)cc(F)c1. The van der Waals surface area contributed by atoms with Gasteiger partial charge in [-0.2, -0.15) is 0 Å². The molecular formula is C32H31ClF3N5O5. The molecule has 1 unspecified atom stereocenters. The van der Waals surface area contributed by atoms with E-state index in [2.05, 4.69) is 15.3 Å². The predicted molar refractivity (Wildman–Crippen MR) is 163 cm³/mol. The van der Waals surface area contributed by atoms with E-state index >= 15 is 4.39 Å². The number of nitrogens with one attached hydrogen (secondary N) is 1. The number of ether oxygens (including phenoxy) is 2. The second kappa shape index (κ2) is 14.4. The molecule has 2 aliphatic heterocycles. The third-order valence-corrected chi connectivity index (χ3v) is 8.57. The minimum absolute atomic E-state index is 0.0336. The molecule has 46 heavy (non-hydrogen) atoms. The molecule has 2 saturated heterocycles. The van der Waals surface area contributed by atoms with Gasteiger partial charge in [0, 0.05) is 59.2 Å². The molecule has 5 rings (SSSR count). The number of carbonyl (C=O) groups is 2. The summed E-state index contributed by atoms with van der Waals surface area (Å²) < 4.78 is 55.8. The van der Waals surface area contributed by atoms with Crippen LogP contribution in [0.25, 0.3) is 10.4 Å². The lowest BCUT2D eigenvalue weighted by Gasteiger charge is -2.47. The number of amides is 2. The Labute approximate surface area is 267 Å². The summed E-state index contributed by atoms with van der Waals surface area (Å²) in [5, 5.41) is 16.5. The highest BCUT2D eigenvalue weighted by Crippen LogP contribution is 2.35. The van der Waals surface area contributed by atoms with Crippen LogP contribution in [0.3, 0.4) is 0 Å². The zero-order valence-electron chi connectivity index (χ0n) is 24.5. The Morgan fingerprint density at radius 3 is 2.43 bits per heavy atom. The van der Waals surface area contributed by atoms with Gasteiger partial charge in [0.25, 0.3) is 0 Å². The highest BCUT2D eigenvalue weighted by Gasteiger charge is 2.43. The Morgan fingerprint density at radius 2 is 1.78 bits per heavy atom. The van der Waals surface area contributed by atoms with Crippen LogP contribution in [-0.4, -0.2) is 66.1 Å². The number of morpholine rings is 1. The average molecular weight is 658 g/mol. The maximum Gasteiger partial charge on any atom is 0.407 e. The molecule has 3 aromatic rings. The van der Waals surface area contributed by atoms with Gasteiger partial charge in [0.15, 0.2) is 0 Å². The lowest BCUT2D eigenvalue weighted by Crippen LogP contribution is -2.58. The number of carboxylic acid groups (broad SMARTS) is 1. The quantitative estimate of drug-likeness (QED) is 0.144. The highest BCUT2D eigenvalue weighted by atomic mass is 35.5. The van der Waals surface area contributed by atoms with Gasteiger partial charge in [0.1, 0.15) is 23.5 Å². The van der Waals surface area contributed by atoms with Gasteiger partial charge >= 0.3 is 6.09 Å². The molecule has 2 fully saturated rings. The number of rotatable bonds is 9. The molecule has 3 atom stereocenters. The zero-order chi connectivity index (χ0) is 32.8. The molecule has 2 N–H and O–H groups in total. The minimum Gasteiger partial charge on any atom is -0.465 e. The molecule has 2 aliphatic rings. The molecule has 2 heterocycles. The number of hydrogen-bond donors (Lipinski definition) is 2. The van der Waals surface area contributed by atoms with Gasteiger partial charge in [-0.25, -0.2) is 18.0 Å². The number of carbonyl (C=O) groups excluding carboxylic acids is 1. The summed E-state index contributed by atoms with van der Waals surface area (Å²) in [4.78, 5) is 29.8. The zero-order valence-corrected chi connectivity index (χ0v) is 25.3. The molecule has 2 amide bonds. The van der Waals surface area contributed by atoms with E-state index in [1.54, 1.807) is 12.1 Å². The monoisotopic (exact) mass is 657 g/mol.